The molecule has 0 aliphatic carbocycles. The molecule has 0 saturated heterocycles. The summed E-state index contributed by atoms with van der Waals surface area (Å²) in [5.41, 5.74) is 3.14. The van der Waals surface area contributed by atoms with E-state index in [0.29, 0.717) is 30.2 Å². The third kappa shape index (κ3) is 6.57. The number of carbonyl (C=O) groups excluding carboxylic acids is 1. The van der Waals surface area contributed by atoms with Gasteiger partial charge in [0.1, 0.15) is 11.5 Å². The van der Waals surface area contributed by atoms with Crippen molar-refractivity contribution in [2.45, 2.75) is 51.9 Å². The molecule has 0 saturated carbocycles. The molecule has 2 N–H and O–H groups in total. The molecule has 0 spiro atoms. The summed E-state index contributed by atoms with van der Waals surface area (Å²) in [5, 5.41) is 2.88. The molecule has 0 fully saturated rings. The third-order valence-electron chi connectivity index (χ3n) is 5.52. The average molecular weight is 511 g/mol. The minimum absolute atomic E-state index is 0.0225. The van der Waals surface area contributed by atoms with Crippen molar-refractivity contribution in [2.24, 2.45) is 0 Å². The van der Waals surface area contributed by atoms with Gasteiger partial charge in [-0.2, -0.15) is 0 Å². The summed E-state index contributed by atoms with van der Waals surface area (Å²) in [4.78, 5) is 13.1. The first-order chi connectivity index (χ1) is 16.9. The first kappa shape index (κ1) is 27.1. The summed E-state index contributed by atoms with van der Waals surface area (Å²) in [6.07, 6.45) is 0. The van der Waals surface area contributed by atoms with Crippen molar-refractivity contribution in [3.63, 3.8) is 0 Å². The molecule has 0 aromatic heterocycles. The lowest BCUT2D eigenvalue weighted by atomic mass is 9.87. The summed E-state index contributed by atoms with van der Waals surface area (Å²) in [5.74, 6) is 0.282. The Morgan fingerprint density at radius 1 is 0.833 bits per heavy atom. The number of ether oxygens (including phenoxy) is 2. The van der Waals surface area contributed by atoms with E-state index in [9.17, 15) is 13.2 Å². The fourth-order valence-electron chi connectivity index (χ4n) is 3.52. The van der Waals surface area contributed by atoms with E-state index in [-0.39, 0.29) is 27.7 Å². The molecule has 0 aliphatic heterocycles. The first-order valence-corrected chi connectivity index (χ1v) is 13.4. The van der Waals surface area contributed by atoms with Gasteiger partial charge in [0.2, 0.25) is 0 Å². The van der Waals surface area contributed by atoms with E-state index < -0.39 is 10.0 Å². The van der Waals surface area contributed by atoms with Gasteiger partial charge in [-0.1, -0.05) is 50.6 Å². The molecule has 0 radical (unpaired) electrons. The molecule has 0 unspecified atom stereocenters. The number of amides is 1. The second-order valence-corrected chi connectivity index (χ2v) is 11.1. The lowest BCUT2D eigenvalue weighted by Crippen LogP contribution is -2.16. The minimum Gasteiger partial charge on any atom is -0.492 e. The summed E-state index contributed by atoms with van der Waals surface area (Å²) in [6.45, 7) is 12.4. The number of hydrogen-bond donors (Lipinski definition) is 2. The number of nitrogens with one attached hydrogen (secondary N) is 2. The van der Waals surface area contributed by atoms with E-state index in [0.717, 1.165) is 11.1 Å². The largest absolute Gasteiger partial charge is 0.492 e. The zero-order valence-electron chi connectivity index (χ0n) is 21.6. The van der Waals surface area contributed by atoms with Gasteiger partial charge in [0, 0.05) is 17.7 Å². The van der Waals surface area contributed by atoms with Gasteiger partial charge < -0.3 is 14.8 Å². The summed E-state index contributed by atoms with van der Waals surface area (Å²) in [6, 6.07) is 17.1. The SMILES string of the molecule is CCOc1cc(NS(=O)(=O)c2ccc(C)cc2)c(OCC)cc1NC(=O)c1ccc(C(C)(C)C)cc1. The van der Waals surface area contributed by atoms with Crippen molar-refractivity contribution in [3.8, 4) is 11.5 Å². The highest BCUT2D eigenvalue weighted by Gasteiger charge is 2.21. The number of benzene rings is 3. The van der Waals surface area contributed by atoms with Crippen LogP contribution in [0.2, 0.25) is 0 Å². The van der Waals surface area contributed by atoms with Gasteiger partial charge in [-0.25, -0.2) is 8.42 Å². The quantitative estimate of drug-likeness (QED) is 0.360. The lowest BCUT2D eigenvalue weighted by molar-refractivity contribution is 0.102. The second kappa shape index (κ2) is 11.0. The van der Waals surface area contributed by atoms with E-state index in [1.165, 1.54) is 6.07 Å². The molecule has 36 heavy (non-hydrogen) atoms. The molecular formula is C28H34N2O5S. The topological polar surface area (TPSA) is 93.7 Å². The van der Waals surface area contributed by atoms with Crippen molar-refractivity contribution in [3.05, 3.63) is 77.4 Å². The molecule has 192 valence electrons. The fraction of sp³-hybridized carbons (Fsp3) is 0.321. The number of anilines is 2. The summed E-state index contributed by atoms with van der Waals surface area (Å²) >= 11 is 0. The Morgan fingerprint density at radius 2 is 1.36 bits per heavy atom. The number of hydrogen-bond acceptors (Lipinski definition) is 5. The zero-order chi connectivity index (χ0) is 26.5. The van der Waals surface area contributed by atoms with E-state index in [1.807, 2.05) is 26.0 Å². The predicted molar refractivity (Wildman–Crippen MR) is 144 cm³/mol. The van der Waals surface area contributed by atoms with Gasteiger partial charge >= 0.3 is 0 Å². The normalized spacial score (nSPS) is 11.6. The Balaban J connectivity index is 1.94. The molecule has 3 aromatic carbocycles. The van der Waals surface area contributed by atoms with Crippen LogP contribution >= 0.6 is 0 Å². The highest BCUT2D eigenvalue weighted by molar-refractivity contribution is 7.92. The van der Waals surface area contributed by atoms with Crippen LogP contribution in [0.15, 0.2) is 65.6 Å². The highest BCUT2D eigenvalue weighted by atomic mass is 32.2. The van der Waals surface area contributed by atoms with Crippen molar-refractivity contribution < 1.29 is 22.7 Å². The number of aryl methyl sites for hydroxylation is 1. The van der Waals surface area contributed by atoms with Crippen molar-refractivity contribution >= 4 is 27.3 Å². The monoisotopic (exact) mass is 510 g/mol. The van der Waals surface area contributed by atoms with Crippen LogP contribution in [0.25, 0.3) is 0 Å². The van der Waals surface area contributed by atoms with Crippen molar-refractivity contribution in [1.29, 1.82) is 0 Å². The summed E-state index contributed by atoms with van der Waals surface area (Å²) < 4.78 is 40.1. The van der Waals surface area contributed by atoms with Crippen molar-refractivity contribution in [1.82, 2.24) is 0 Å². The Hall–Kier alpha value is -3.52. The van der Waals surface area contributed by atoms with Crippen LogP contribution in [0.5, 0.6) is 11.5 Å². The average Bonchev–Trinajstić information content (AvgIpc) is 2.81. The standard InChI is InChI=1S/C28H34N2O5S/c1-7-34-25-18-24(30-36(32,33)22-15-9-19(3)10-16-22)26(35-8-2)17-23(25)29-27(31)20-11-13-21(14-12-20)28(4,5)6/h9-18,30H,7-8H2,1-6H3,(H,29,31). The number of carbonyl (C=O) groups is 1. The molecule has 3 aromatic rings. The maximum atomic E-state index is 13.0. The van der Waals surface area contributed by atoms with Crippen LogP contribution in [-0.2, 0) is 15.4 Å². The molecule has 8 heteroatoms. The molecule has 0 heterocycles. The molecule has 0 bridgehead atoms. The lowest BCUT2D eigenvalue weighted by Gasteiger charge is -2.20. The molecule has 0 aliphatic rings. The third-order valence-corrected chi connectivity index (χ3v) is 6.90. The molecular weight excluding hydrogens is 476 g/mol. The maximum Gasteiger partial charge on any atom is 0.262 e. The van der Waals surface area contributed by atoms with Gasteiger partial charge in [-0.15, -0.1) is 0 Å². The number of rotatable bonds is 9. The first-order valence-electron chi connectivity index (χ1n) is 11.9. The fourth-order valence-corrected chi connectivity index (χ4v) is 4.59. The Bertz CT molecular complexity index is 1310. The van der Waals surface area contributed by atoms with Gasteiger partial charge in [-0.05, 0) is 56.0 Å². The summed E-state index contributed by atoms with van der Waals surface area (Å²) in [7, 11) is -3.87. The van der Waals surface area contributed by atoms with Crippen molar-refractivity contribution in [2.75, 3.05) is 23.3 Å². The predicted octanol–water partition coefficient (Wildman–Crippen LogP) is 6.14. The van der Waals surface area contributed by atoms with Crippen LogP contribution in [0.1, 0.15) is 56.1 Å². The Kier molecular flexibility index (Phi) is 8.30. The molecule has 3 rings (SSSR count). The Morgan fingerprint density at radius 3 is 1.89 bits per heavy atom. The molecule has 7 nitrogen and oxygen atoms in total. The van der Waals surface area contributed by atoms with Gasteiger partial charge in [-0.3, -0.25) is 9.52 Å². The van der Waals surface area contributed by atoms with E-state index in [1.54, 1.807) is 49.4 Å². The van der Waals surface area contributed by atoms with Gasteiger partial charge in [0.25, 0.3) is 15.9 Å². The Labute approximate surface area is 213 Å². The van der Waals surface area contributed by atoms with Crippen LogP contribution in [0.4, 0.5) is 11.4 Å². The molecule has 0 atom stereocenters. The van der Waals surface area contributed by atoms with Crippen LogP contribution in [0.3, 0.4) is 0 Å². The van der Waals surface area contributed by atoms with Crippen LogP contribution in [-0.4, -0.2) is 27.5 Å². The van der Waals surface area contributed by atoms with Gasteiger partial charge in [0.15, 0.2) is 0 Å². The minimum atomic E-state index is -3.87. The zero-order valence-corrected chi connectivity index (χ0v) is 22.5. The van der Waals surface area contributed by atoms with Gasteiger partial charge in [0.05, 0.1) is 29.5 Å². The van der Waals surface area contributed by atoms with E-state index in [4.69, 9.17) is 9.47 Å². The van der Waals surface area contributed by atoms with E-state index in [2.05, 4.69) is 30.8 Å². The van der Waals surface area contributed by atoms with E-state index >= 15 is 0 Å². The smallest absolute Gasteiger partial charge is 0.262 e. The van der Waals surface area contributed by atoms with Crippen LogP contribution < -0.4 is 19.5 Å². The second-order valence-electron chi connectivity index (χ2n) is 9.41. The molecule has 1 amide bonds. The highest BCUT2D eigenvalue weighted by Crippen LogP contribution is 2.38. The van der Waals surface area contributed by atoms with Crippen LogP contribution in [0, 0.1) is 6.92 Å². The number of sulfonamides is 1. The maximum absolute atomic E-state index is 13.0.